The maximum absolute atomic E-state index is 10.9. The molecule has 0 spiro atoms. The third-order valence-corrected chi connectivity index (χ3v) is 1.42. The lowest BCUT2D eigenvalue weighted by Gasteiger charge is -2.18. The summed E-state index contributed by atoms with van der Waals surface area (Å²) < 4.78 is 0. The maximum atomic E-state index is 10.9. The predicted molar refractivity (Wildman–Crippen MR) is 38.1 cm³/mol. The summed E-state index contributed by atoms with van der Waals surface area (Å²) in [5.41, 5.74) is 0. The topological polar surface area (TPSA) is 40.2 Å². The zero-order valence-corrected chi connectivity index (χ0v) is 6.76. The van der Waals surface area contributed by atoms with E-state index in [1.54, 1.807) is 0 Å². The molecule has 0 aliphatic heterocycles. The summed E-state index contributed by atoms with van der Waals surface area (Å²) in [5.74, 6) is -0.301. The van der Waals surface area contributed by atoms with Crippen molar-refractivity contribution in [3.05, 3.63) is 0 Å². The Morgan fingerprint density at radius 1 is 1.40 bits per heavy atom. The van der Waals surface area contributed by atoms with Gasteiger partial charge in [-0.15, -0.1) is 0 Å². The average Bonchev–Trinajstić information content (AvgIpc) is 1.90. The molecule has 0 aliphatic rings. The first-order chi connectivity index (χ1) is 4.63. The lowest BCUT2D eigenvalue weighted by atomic mass is 10.3. The number of hydrogen-bond donors (Lipinski definition) is 0. The van der Waals surface area contributed by atoms with Gasteiger partial charge in [-0.25, -0.2) is 5.11 Å². The van der Waals surface area contributed by atoms with Crippen LogP contribution in [0.25, 0.3) is 0 Å². The van der Waals surface area contributed by atoms with Crippen LogP contribution in [0.5, 0.6) is 0 Å². The molecule has 0 aliphatic carbocycles. The summed E-state index contributed by atoms with van der Waals surface area (Å²) in [6, 6.07) is 0. The zero-order chi connectivity index (χ0) is 8.15. The van der Waals surface area contributed by atoms with Crippen LogP contribution in [0.3, 0.4) is 0 Å². The highest BCUT2D eigenvalue weighted by Crippen LogP contribution is 1.93. The van der Waals surface area contributed by atoms with Crippen molar-refractivity contribution in [3.63, 3.8) is 0 Å². The second-order valence-corrected chi connectivity index (χ2v) is 2.15. The van der Waals surface area contributed by atoms with E-state index in [4.69, 9.17) is 0 Å². The van der Waals surface area contributed by atoms with Crippen LogP contribution < -0.4 is 0 Å². The molecule has 0 heterocycles. The third-order valence-electron chi connectivity index (χ3n) is 1.42. The molecule has 0 fully saturated rings. The van der Waals surface area contributed by atoms with Gasteiger partial charge < -0.3 is 4.90 Å². The minimum atomic E-state index is -1.11. The molecule has 0 rings (SSSR count). The first kappa shape index (κ1) is 9.43. The Balaban J connectivity index is 3.89. The molecule has 3 heteroatoms. The van der Waals surface area contributed by atoms with Gasteiger partial charge >= 0.3 is 0 Å². The Morgan fingerprint density at radius 3 is 1.90 bits per heavy atom. The van der Waals surface area contributed by atoms with Crippen molar-refractivity contribution < 1.29 is 9.90 Å². The molecule has 10 heavy (non-hydrogen) atoms. The minimum absolute atomic E-state index is 0.301. The standard InChI is InChI=1S/C7H14NO2/c1-4-8(5-2)7(10)6(3)9/h6H,4-5H2,1-3H3. The monoisotopic (exact) mass is 144 g/mol. The van der Waals surface area contributed by atoms with Gasteiger partial charge in [-0.2, -0.15) is 0 Å². The fraction of sp³-hybridized carbons (Fsp3) is 0.857. The SMILES string of the molecule is CCN(CC)C(=O)C(C)[O]. The van der Waals surface area contributed by atoms with E-state index in [1.165, 1.54) is 11.8 Å². The Kier molecular flexibility index (Phi) is 4.03. The van der Waals surface area contributed by atoms with Crippen LogP contribution in [0.15, 0.2) is 0 Å². The van der Waals surface area contributed by atoms with E-state index in [0.29, 0.717) is 13.1 Å². The summed E-state index contributed by atoms with van der Waals surface area (Å²) in [5, 5.41) is 10.6. The number of nitrogens with zero attached hydrogens (tertiary/aromatic N) is 1. The van der Waals surface area contributed by atoms with E-state index in [2.05, 4.69) is 0 Å². The number of carbonyl (C=O) groups excluding carboxylic acids is 1. The van der Waals surface area contributed by atoms with Crippen molar-refractivity contribution in [3.8, 4) is 0 Å². The largest absolute Gasteiger partial charge is 0.341 e. The van der Waals surface area contributed by atoms with Gasteiger partial charge in [-0.05, 0) is 20.8 Å². The minimum Gasteiger partial charge on any atom is -0.341 e. The van der Waals surface area contributed by atoms with E-state index < -0.39 is 6.10 Å². The van der Waals surface area contributed by atoms with Crippen molar-refractivity contribution in [2.24, 2.45) is 0 Å². The quantitative estimate of drug-likeness (QED) is 0.574. The van der Waals surface area contributed by atoms with Crippen molar-refractivity contribution >= 4 is 5.91 Å². The van der Waals surface area contributed by atoms with Gasteiger partial charge in [-0.3, -0.25) is 4.79 Å². The molecule has 1 unspecified atom stereocenters. The second kappa shape index (κ2) is 4.28. The Hall–Kier alpha value is -0.570. The first-order valence-corrected chi connectivity index (χ1v) is 3.58. The number of rotatable bonds is 3. The van der Waals surface area contributed by atoms with Crippen molar-refractivity contribution in [2.75, 3.05) is 13.1 Å². The van der Waals surface area contributed by atoms with Gasteiger partial charge in [0.2, 0.25) is 0 Å². The Morgan fingerprint density at radius 2 is 1.80 bits per heavy atom. The van der Waals surface area contributed by atoms with Crippen LogP contribution in [0, 0.1) is 0 Å². The molecule has 1 radical (unpaired) electrons. The van der Waals surface area contributed by atoms with Gasteiger partial charge in [0, 0.05) is 13.1 Å². The molecule has 0 N–H and O–H groups in total. The molecule has 1 amide bonds. The summed E-state index contributed by atoms with van der Waals surface area (Å²) in [6.07, 6.45) is -1.11. The lowest BCUT2D eigenvalue weighted by molar-refractivity contribution is -0.142. The van der Waals surface area contributed by atoms with Crippen molar-refractivity contribution in [2.45, 2.75) is 26.9 Å². The third kappa shape index (κ3) is 2.35. The summed E-state index contributed by atoms with van der Waals surface area (Å²) in [7, 11) is 0. The van der Waals surface area contributed by atoms with Crippen molar-refractivity contribution in [1.82, 2.24) is 4.90 Å². The van der Waals surface area contributed by atoms with E-state index >= 15 is 0 Å². The Labute approximate surface area is 61.6 Å². The molecule has 3 nitrogen and oxygen atoms in total. The van der Waals surface area contributed by atoms with Crippen LogP contribution in [0.1, 0.15) is 20.8 Å². The van der Waals surface area contributed by atoms with Gasteiger partial charge in [0.1, 0.15) is 0 Å². The number of likely N-dealkylation sites (N-methyl/N-ethyl adjacent to an activating group) is 1. The van der Waals surface area contributed by atoms with Crippen LogP contribution in [-0.4, -0.2) is 30.0 Å². The number of amides is 1. The summed E-state index contributed by atoms with van der Waals surface area (Å²) in [6.45, 7) is 6.36. The molecule has 0 saturated heterocycles. The first-order valence-electron chi connectivity index (χ1n) is 3.58. The Bertz CT molecular complexity index is 108. The average molecular weight is 144 g/mol. The van der Waals surface area contributed by atoms with Crippen molar-refractivity contribution in [1.29, 1.82) is 0 Å². The van der Waals surface area contributed by atoms with Crippen LogP contribution >= 0.6 is 0 Å². The second-order valence-electron chi connectivity index (χ2n) is 2.15. The van der Waals surface area contributed by atoms with Gasteiger partial charge in [0.05, 0.1) is 0 Å². The maximum Gasteiger partial charge on any atom is 0.254 e. The van der Waals surface area contributed by atoms with E-state index in [9.17, 15) is 9.90 Å². The van der Waals surface area contributed by atoms with E-state index in [0.717, 1.165) is 0 Å². The van der Waals surface area contributed by atoms with Gasteiger partial charge in [-0.1, -0.05) is 0 Å². The molecular weight excluding hydrogens is 130 g/mol. The lowest BCUT2D eigenvalue weighted by Crippen LogP contribution is -2.36. The molecule has 0 aromatic carbocycles. The normalized spacial score (nSPS) is 12.8. The zero-order valence-electron chi connectivity index (χ0n) is 6.76. The molecule has 0 saturated carbocycles. The smallest absolute Gasteiger partial charge is 0.254 e. The molecule has 0 bridgehead atoms. The predicted octanol–water partition coefficient (Wildman–Crippen LogP) is 0.674. The molecule has 0 aromatic rings. The van der Waals surface area contributed by atoms with Crippen LogP contribution in [0.2, 0.25) is 0 Å². The van der Waals surface area contributed by atoms with Crippen LogP contribution in [-0.2, 0) is 9.90 Å². The molecule has 59 valence electrons. The number of hydrogen-bond acceptors (Lipinski definition) is 1. The van der Waals surface area contributed by atoms with E-state index in [-0.39, 0.29) is 5.91 Å². The van der Waals surface area contributed by atoms with Gasteiger partial charge in [0.25, 0.3) is 5.91 Å². The molecular formula is C7H14NO2. The highest BCUT2D eigenvalue weighted by molar-refractivity contribution is 5.80. The van der Waals surface area contributed by atoms with Gasteiger partial charge in [0.15, 0.2) is 6.10 Å². The molecule has 1 atom stereocenters. The highest BCUT2D eigenvalue weighted by Gasteiger charge is 2.15. The van der Waals surface area contributed by atoms with E-state index in [1.807, 2.05) is 13.8 Å². The summed E-state index contributed by atoms with van der Waals surface area (Å²) in [4.78, 5) is 12.5. The summed E-state index contributed by atoms with van der Waals surface area (Å²) >= 11 is 0. The highest BCUT2D eigenvalue weighted by atomic mass is 16.3. The molecule has 0 aromatic heterocycles. The van der Waals surface area contributed by atoms with Crippen LogP contribution in [0.4, 0.5) is 0 Å². The fourth-order valence-electron chi connectivity index (χ4n) is 0.792. The fourth-order valence-corrected chi connectivity index (χ4v) is 0.792. The number of carbonyl (C=O) groups is 1.